The molecule has 0 radical (unpaired) electrons. The summed E-state index contributed by atoms with van der Waals surface area (Å²) in [4.78, 5) is 0. The Morgan fingerprint density at radius 1 is 0.931 bits per heavy atom. The molecular weight excluding hydrogens is 515 g/mol. The zero-order valence-corrected chi connectivity index (χ0v) is 23.7. The van der Waals surface area contributed by atoms with Crippen LogP contribution in [-0.2, 0) is 45.1 Å². The Balaban J connectivity index is 0.000000535. The number of allylic oxidation sites excluding steroid dienone is 2. The average Bonchev–Trinajstić information content (AvgIpc) is 3.32. The summed E-state index contributed by atoms with van der Waals surface area (Å²) in [5.74, 6) is 0. The van der Waals surface area contributed by atoms with Gasteiger partial charge in [0.15, 0.2) is 0 Å². The van der Waals surface area contributed by atoms with Gasteiger partial charge in [0.2, 0.25) is 0 Å². The first-order valence-corrected chi connectivity index (χ1v) is 10.4. The van der Waals surface area contributed by atoms with Gasteiger partial charge in [-0.2, -0.15) is 33.4 Å². The fraction of sp³-hybridized carbons (Fsp3) is 0.464. The molecular formula is C28H40Hf. The summed E-state index contributed by atoms with van der Waals surface area (Å²) in [5, 5.41) is 0. The molecule has 2 aliphatic rings. The first-order chi connectivity index (χ1) is 12.5. The second-order valence-electron chi connectivity index (χ2n) is 8.15. The molecule has 0 aliphatic heterocycles. The fourth-order valence-corrected chi connectivity index (χ4v) is 4.50. The van der Waals surface area contributed by atoms with E-state index >= 15 is 0 Å². The van der Waals surface area contributed by atoms with Crippen molar-refractivity contribution in [1.82, 2.24) is 0 Å². The zero-order valence-electron chi connectivity index (χ0n) is 20.1. The topological polar surface area (TPSA) is 0 Å². The first-order valence-electron chi connectivity index (χ1n) is 10.4. The SMILES string of the molecule is CCCCC1=[C-]Cc2ccc3c(c21)CCC3.Cc1c(C)c(C)[c-](C)c1C.[CH3-].[CH3-].[Hf+4]. The maximum atomic E-state index is 3.60. The Morgan fingerprint density at radius 2 is 1.52 bits per heavy atom. The van der Waals surface area contributed by atoms with Crippen LogP contribution in [0.2, 0.25) is 0 Å². The van der Waals surface area contributed by atoms with Crippen LogP contribution in [0.4, 0.5) is 0 Å². The molecule has 2 aromatic carbocycles. The molecule has 0 amide bonds. The van der Waals surface area contributed by atoms with Gasteiger partial charge in [-0.25, -0.2) is 5.57 Å². The van der Waals surface area contributed by atoms with Crippen molar-refractivity contribution in [3.63, 3.8) is 0 Å². The number of unbranched alkanes of at least 4 members (excludes halogenated alkanes) is 1. The minimum absolute atomic E-state index is 0. The number of hydrogen-bond acceptors (Lipinski definition) is 0. The third-order valence-corrected chi connectivity index (χ3v) is 6.76. The van der Waals surface area contributed by atoms with E-state index in [0.29, 0.717) is 0 Å². The molecule has 4 rings (SSSR count). The summed E-state index contributed by atoms with van der Waals surface area (Å²) in [6.45, 7) is 13.3. The predicted octanol–water partition coefficient (Wildman–Crippen LogP) is 7.95. The smallest absolute Gasteiger partial charge is 0.358 e. The molecule has 0 unspecified atom stereocenters. The van der Waals surface area contributed by atoms with Crippen LogP contribution in [0.5, 0.6) is 0 Å². The van der Waals surface area contributed by atoms with E-state index in [2.05, 4.69) is 59.8 Å². The van der Waals surface area contributed by atoms with Gasteiger partial charge in [-0.3, -0.25) is 6.08 Å². The van der Waals surface area contributed by atoms with Crippen LogP contribution < -0.4 is 0 Å². The Bertz CT molecular complexity index is 752. The van der Waals surface area contributed by atoms with Crippen molar-refractivity contribution < 1.29 is 25.8 Å². The fourth-order valence-electron chi connectivity index (χ4n) is 4.50. The second kappa shape index (κ2) is 12.1. The van der Waals surface area contributed by atoms with E-state index in [-0.39, 0.29) is 40.7 Å². The van der Waals surface area contributed by atoms with E-state index < -0.39 is 0 Å². The molecule has 156 valence electrons. The van der Waals surface area contributed by atoms with Crippen molar-refractivity contribution in [3.8, 4) is 0 Å². The Hall–Kier alpha value is -0.820. The molecule has 0 bridgehead atoms. The van der Waals surface area contributed by atoms with Gasteiger partial charge in [-0.1, -0.05) is 78.5 Å². The number of aryl methyl sites for hydroxylation is 1. The van der Waals surface area contributed by atoms with Gasteiger partial charge >= 0.3 is 25.8 Å². The first kappa shape index (κ1) is 28.2. The van der Waals surface area contributed by atoms with Crippen LogP contribution in [0.3, 0.4) is 0 Å². The Labute approximate surface area is 200 Å². The molecule has 0 saturated carbocycles. The number of rotatable bonds is 3. The standard InChI is InChI=1S/C16H19.C10H15.2CH3.Hf/c1-2-3-5-13-10-11-14-9-8-12-6-4-7-15(12)16(13)14;1-6-7(2)9(4)10(5)8(6)3;;;/h8-9H,2-7,11H2,1H3;1-5H3;2*1H3;/q4*-1;+4. The molecule has 2 aliphatic carbocycles. The molecule has 0 spiro atoms. The van der Waals surface area contributed by atoms with E-state index in [1.165, 1.54) is 77.5 Å². The molecule has 1 heteroatoms. The van der Waals surface area contributed by atoms with Crippen molar-refractivity contribution >= 4 is 5.57 Å². The molecule has 2 aromatic rings. The minimum Gasteiger partial charge on any atom is -0.358 e. The van der Waals surface area contributed by atoms with Gasteiger partial charge in [-0.15, -0.1) is 17.5 Å². The predicted molar refractivity (Wildman–Crippen MR) is 127 cm³/mol. The summed E-state index contributed by atoms with van der Waals surface area (Å²) in [6, 6.07) is 4.69. The van der Waals surface area contributed by atoms with Crippen molar-refractivity contribution in [2.45, 2.75) is 86.5 Å². The van der Waals surface area contributed by atoms with Crippen molar-refractivity contribution in [1.29, 1.82) is 0 Å². The summed E-state index contributed by atoms with van der Waals surface area (Å²) in [5.41, 5.74) is 15.3. The summed E-state index contributed by atoms with van der Waals surface area (Å²) in [7, 11) is 0. The second-order valence-corrected chi connectivity index (χ2v) is 8.15. The molecule has 0 N–H and O–H groups in total. The van der Waals surface area contributed by atoms with Gasteiger partial charge < -0.3 is 14.9 Å². The normalized spacial score (nSPS) is 13.1. The van der Waals surface area contributed by atoms with Crippen LogP contribution in [0.25, 0.3) is 5.57 Å². The Morgan fingerprint density at radius 3 is 2.03 bits per heavy atom. The number of hydrogen-bond donors (Lipinski definition) is 0. The zero-order chi connectivity index (χ0) is 18.8. The van der Waals surface area contributed by atoms with Gasteiger partial charge in [0, 0.05) is 0 Å². The van der Waals surface area contributed by atoms with Gasteiger partial charge in [0.1, 0.15) is 0 Å². The molecule has 0 aromatic heterocycles. The third kappa shape index (κ3) is 5.66. The third-order valence-electron chi connectivity index (χ3n) is 6.76. The maximum absolute atomic E-state index is 3.60. The molecule has 0 nitrogen and oxygen atoms in total. The summed E-state index contributed by atoms with van der Waals surface area (Å²) < 4.78 is 0. The molecule has 0 fully saturated rings. The average molecular weight is 555 g/mol. The monoisotopic (exact) mass is 556 g/mol. The van der Waals surface area contributed by atoms with E-state index in [1.807, 2.05) is 0 Å². The van der Waals surface area contributed by atoms with Crippen LogP contribution in [0.1, 0.15) is 82.7 Å². The van der Waals surface area contributed by atoms with E-state index in [0.717, 1.165) is 6.42 Å². The quantitative estimate of drug-likeness (QED) is 0.267. The molecule has 0 saturated heterocycles. The van der Waals surface area contributed by atoms with Gasteiger partial charge in [0.05, 0.1) is 0 Å². The van der Waals surface area contributed by atoms with E-state index in [1.54, 1.807) is 16.7 Å². The van der Waals surface area contributed by atoms with E-state index in [9.17, 15) is 0 Å². The maximum Gasteiger partial charge on any atom is 4.00 e. The van der Waals surface area contributed by atoms with Crippen molar-refractivity contribution in [2.24, 2.45) is 0 Å². The largest absolute Gasteiger partial charge is 4.00 e. The molecule has 0 atom stereocenters. The van der Waals surface area contributed by atoms with Crippen LogP contribution >= 0.6 is 0 Å². The van der Waals surface area contributed by atoms with Gasteiger partial charge in [-0.05, 0) is 19.3 Å². The summed E-state index contributed by atoms with van der Waals surface area (Å²) in [6.07, 6.45) is 12.4. The van der Waals surface area contributed by atoms with Crippen LogP contribution in [-0.4, -0.2) is 0 Å². The van der Waals surface area contributed by atoms with E-state index in [4.69, 9.17) is 0 Å². The molecule has 0 heterocycles. The molecule has 29 heavy (non-hydrogen) atoms. The van der Waals surface area contributed by atoms with Crippen LogP contribution in [0, 0.1) is 55.5 Å². The number of benzene rings is 1. The minimum atomic E-state index is 0. The Kier molecular flexibility index (Phi) is 11.8. The summed E-state index contributed by atoms with van der Waals surface area (Å²) >= 11 is 0. The van der Waals surface area contributed by atoms with Crippen molar-refractivity contribution in [3.05, 3.63) is 83.1 Å². The number of fused-ring (bicyclic) bond motifs is 3. The van der Waals surface area contributed by atoms with Gasteiger partial charge in [0.25, 0.3) is 0 Å². The van der Waals surface area contributed by atoms with Crippen LogP contribution in [0.15, 0.2) is 12.1 Å². The van der Waals surface area contributed by atoms with Crippen molar-refractivity contribution in [2.75, 3.05) is 0 Å².